The van der Waals surface area contributed by atoms with E-state index in [0.717, 1.165) is 0 Å². The van der Waals surface area contributed by atoms with Gasteiger partial charge < -0.3 is 26.2 Å². The molecule has 1 rings (SSSR count). The van der Waals surface area contributed by atoms with Crippen molar-refractivity contribution in [2.75, 3.05) is 17.6 Å². The summed E-state index contributed by atoms with van der Waals surface area (Å²) in [7, 11) is 0. The Morgan fingerprint density at radius 1 is 1.16 bits per heavy atom. The molecule has 1 aromatic rings. The number of phenols is 1. The lowest BCUT2D eigenvalue weighted by Gasteiger charge is -2.22. The van der Waals surface area contributed by atoms with Crippen molar-refractivity contribution in [3.8, 4) is 5.75 Å². The number of carbonyl (C=O) groups is 3. The molecule has 2 amide bonds. The maximum absolute atomic E-state index is 12.2. The molecule has 0 heterocycles. The second-order valence-electron chi connectivity index (χ2n) is 5.74. The normalized spacial score (nSPS) is 13.0. The van der Waals surface area contributed by atoms with Crippen LogP contribution in [0.3, 0.4) is 0 Å². The molecule has 5 N–H and O–H groups in total. The maximum Gasteiger partial charge on any atom is 0.326 e. The van der Waals surface area contributed by atoms with Crippen LogP contribution in [-0.4, -0.2) is 52.4 Å². The summed E-state index contributed by atoms with van der Waals surface area (Å²) in [6, 6.07) is 4.40. The number of aromatic hydroxyl groups is 1. The highest BCUT2D eigenvalue weighted by atomic mass is 32.1. The molecule has 0 aliphatic heterocycles. The van der Waals surface area contributed by atoms with Crippen molar-refractivity contribution >= 4 is 36.1 Å². The number of thiol groups is 1. The average Bonchev–Trinajstić information content (AvgIpc) is 2.55. The van der Waals surface area contributed by atoms with E-state index < -0.39 is 29.9 Å². The van der Waals surface area contributed by atoms with Crippen LogP contribution in [0.15, 0.2) is 24.3 Å². The van der Waals surface area contributed by atoms with Gasteiger partial charge in [0.1, 0.15) is 17.8 Å². The van der Waals surface area contributed by atoms with E-state index in [-0.39, 0.29) is 24.0 Å². The summed E-state index contributed by atoms with van der Waals surface area (Å²) in [5.74, 6) is -2.55. The maximum atomic E-state index is 12.2. The van der Waals surface area contributed by atoms with Crippen molar-refractivity contribution in [2.45, 2.75) is 25.9 Å². The number of carboxylic acids is 1. The van der Waals surface area contributed by atoms with Gasteiger partial charge in [0, 0.05) is 5.75 Å². The first-order chi connectivity index (χ1) is 11.8. The fourth-order valence-electron chi connectivity index (χ4n) is 2.01. The van der Waals surface area contributed by atoms with E-state index in [1.54, 1.807) is 32.0 Å². The summed E-state index contributed by atoms with van der Waals surface area (Å²) in [6.07, 6.45) is 0. The smallest absolute Gasteiger partial charge is 0.326 e. The molecule has 2 atom stereocenters. The highest BCUT2D eigenvalue weighted by molar-refractivity contribution is 7.80. The molecular weight excluding hydrogens is 346 g/mol. The summed E-state index contributed by atoms with van der Waals surface area (Å²) in [5, 5.41) is 26.3. The van der Waals surface area contributed by atoms with Crippen LogP contribution in [0.5, 0.6) is 5.75 Å². The van der Waals surface area contributed by atoms with Gasteiger partial charge in [0.05, 0.1) is 12.2 Å². The molecule has 0 fully saturated rings. The third-order valence-electron chi connectivity index (χ3n) is 3.41. The van der Waals surface area contributed by atoms with Crippen molar-refractivity contribution in [1.29, 1.82) is 0 Å². The molecule has 0 saturated heterocycles. The number of para-hydroxylation sites is 2. The summed E-state index contributed by atoms with van der Waals surface area (Å²) in [6.45, 7) is 3.18. The Morgan fingerprint density at radius 2 is 1.80 bits per heavy atom. The number of carbonyl (C=O) groups excluding carboxylic acids is 2. The number of phenolic OH excluding ortho intramolecular Hbond substituents is 1. The van der Waals surface area contributed by atoms with Crippen LogP contribution in [0.2, 0.25) is 0 Å². The predicted octanol–water partition coefficient (Wildman–Crippen LogP) is 0.444. The van der Waals surface area contributed by atoms with Crippen molar-refractivity contribution in [3.05, 3.63) is 24.3 Å². The van der Waals surface area contributed by atoms with Gasteiger partial charge in [-0.1, -0.05) is 26.0 Å². The Balaban J connectivity index is 2.59. The Bertz CT molecular complexity index is 624. The van der Waals surface area contributed by atoms with Gasteiger partial charge in [-0.2, -0.15) is 12.6 Å². The zero-order valence-corrected chi connectivity index (χ0v) is 14.9. The SMILES string of the molecule is CC(C)C(NC(=O)C(CS)NC(=O)CNc1ccccc1O)C(=O)O. The number of nitrogens with one attached hydrogen (secondary N) is 3. The quantitative estimate of drug-likeness (QED) is 0.277. The number of amides is 2. The standard InChI is InChI=1S/C16H23N3O5S/c1-9(2)14(16(23)24)19-15(22)11(8-25)18-13(21)7-17-10-5-3-4-6-12(10)20/h3-6,9,11,14,17,20,25H,7-8H2,1-2H3,(H,18,21)(H,19,22)(H,23,24). The number of aliphatic carboxylic acids is 1. The molecule has 0 spiro atoms. The molecular formula is C16H23N3O5S. The van der Waals surface area contributed by atoms with Gasteiger partial charge in [-0.05, 0) is 18.1 Å². The first kappa shape index (κ1) is 20.6. The molecule has 8 nitrogen and oxygen atoms in total. The molecule has 138 valence electrons. The van der Waals surface area contributed by atoms with Gasteiger partial charge in [0.25, 0.3) is 0 Å². The van der Waals surface area contributed by atoms with Crippen LogP contribution in [0.25, 0.3) is 0 Å². The minimum atomic E-state index is -1.14. The van der Waals surface area contributed by atoms with E-state index in [1.165, 1.54) is 6.07 Å². The van der Waals surface area contributed by atoms with Gasteiger partial charge in [-0.25, -0.2) is 4.79 Å². The zero-order chi connectivity index (χ0) is 19.0. The third kappa shape index (κ3) is 6.54. The Hall–Kier alpha value is -2.42. The summed E-state index contributed by atoms with van der Waals surface area (Å²) >= 11 is 4.03. The van der Waals surface area contributed by atoms with Crippen molar-refractivity contribution in [1.82, 2.24) is 10.6 Å². The Labute approximate surface area is 151 Å². The first-order valence-corrected chi connectivity index (χ1v) is 8.34. The van der Waals surface area contributed by atoms with Crippen LogP contribution in [0.4, 0.5) is 5.69 Å². The minimum absolute atomic E-state index is 0.0000201. The van der Waals surface area contributed by atoms with Gasteiger partial charge >= 0.3 is 5.97 Å². The molecule has 25 heavy (non-hydrogen) atoms. The fourth-order valence-corrected chi connectivity index (χ4v) is 2.26. The molecule has 0 bridgehead atoms. The third-order valence-corrected chi connectivity index (χ3v) is 3.77. The number of rotatable bonds is 9. The van der Waals surface area contributed by atoms with Gasteiger partial charge in [0.15, 0.2) is 0 Å². The number of hydrogen-bond donors (Lipinski definition) is 6. The Kier molecular flexibility index (Phi) is 8.06. The summed E-state index contributed by atoms with van der Waals surface area (Å²) in [5.41, 5.74) is 0.385. The molecule has 2 unspecified atom stereocenters. The number of carboxylic acid groups (broad SMARTS) is 1. The lowest BCUT2D eigenvalue weighted by Crippen LogP contribution is -2.54. The van der Waals surface area contributed by atoms with E-state index in [1.807, 2.05) is 0 Å². The molecule has 0 radical (unpaired) electrons. The van der Waals surface area contributed by atoms with Gasteiger partial charge in [-0.15, -0.1) is 0 Å². The van der Waals surface area contributed by atoms with Crippen molar-refractivity contribution in [3.63, 3.8) is 0 Å². The number of hydrogen-bond acceptors (Lipinski definition) is 6. The van der Waals surface area contributed by atoms with E-state index in [9.17, 15) is 19.5 Å². The van der Waals surface area contributed by atoms with Crippen LogP contribution in [0, 0.1) is 5.92 Å². The largest absolute Gasteiger partial charge is 0.506 e. The molecule has 0 aromatic heterocycles. The van der Waals surface area contributed by atoms with Crippen molar-refractivity contribution < 1.29 is 24.6 Å². The van der Waals surface area contributed by atoms with E-state index in [2.05, 4.69) is 28.6 Å². The highest BCUT2D eigenvalue weighted by Gasteiger charge is 2.27. The van der Waals surface area contributed by atoms with Crippen LogP contribution < -0.4 is 16.0 Å². The first-order valence-electron chi connectivity index (χ1n) is 7.71. The lowest BCUT2D eigenvalue weighted by molar-refractivity contribution is -0.143. The van der Waals surface area contributed by atoms with Crippen LogP contribution in [-0.2, 0) is 14.4 Å². The minimum Gasteiger partial charge on any atom is -0.506 e. The molecule has 0 aliphatic carbocycles. The van der Waals surface area contributed by atoms with E-state index >= 15 is 0 Å². The van der Waals surface area contributed by atoms with Gasteiger partial charge in [0.2, 0.25) is 11.8 Å². The van der Waals surface area contributed by atoms with Gasteiger partial charge in [-0.3, -0.25) is 9.59 Å². The number of anilines is 1. The zero-order valence-electron chi connectivity index (χ0n) is 14.0. The average molecular weight is 369 g/mol. The molecule has 9 heteroatoms. The predicted molar refractivity (Wildman–Crippen MR) is 96.8 cm³/mol. The van der Waals surface area contributed by atoms with Crippen LogP contribution >= 0.6 is 12.6 Å². The molecule has 1 aromatic carbocycles. The second kappa shape index (κ2) is 9.77. The highest BCUT2D eigenvalue weighted by Crippen LogP contribution is 2.20. The van der Waals surface area contributed by atoms with Crippen LogP contribution in [0.1, 0.15) is 13.8 Å². The van der Waals surface area contributed by atoms with E-state index in [4.69, 9.17) is 5.11 Å². The van der Waals surface area contributed by atoms with Crippen molar-refractivity contribution in [2.24, 2.45) is 5.92 Å². The summed E-state index contributed by atoms with van der Waals surface area (Å²) < 4.78 is 0. The summed E-state index contributed by atoms with van der Waals surface area (Å²) in [4.78, 5) is 35.3. The lowest BCUT2D eigenvalue weighted by atomic mass is 10.0. The number of benzene rings is 1. The monoisotopic (exact) mass is 369 g/mol. The topological polar surface area (TPSA) is 128 Å². The molecule has 0 saturated carbocycles. The van der Waals surface area contributed by atoms with E-state index in [0.29, 0.717) is 5.69 Å². The second-order valence-corrected chi connectivity index (χ2v) is 6.11. The fraction of sp³-hybridized carbons (Fsp3) is 0.438. The molecule has 0 aliphatic rings. The Morgan fingerprint density at radius 3 is 2.32 bits per heavy atom.